The van der Waals surface area contributed by atoms with E-state index in [4.69, 9.17) is 27.4 Å². The van der Waals surface area contributed by atoms with Crippen LogP contribution in [-0.4, -0.2) is 43.4 Å². The zero-order valence-electron chi connectivity index (χ0n) is 9.03. The van der Waals surface area contributed by atoms with Crippen LogP contribution in [0.1, 0.15) is 12.8 Å². The zero-order valence-corrected chi connectivity index (χ0v) is 9.85. The van der Waals surface area contributed by atoms with Gasteiger partial charge in [0.1, 0.15) is 0 Å². The van der Waals surface area contributed by atoms with Crippen molar-refractivity contribution in [3.8, 4) is 0 Å². The lowest BCUT2D eigenvalue weighted by atomic mass is 10.1. The Bertz CT molecular complexity index is 298. The molecule has 16 heavy (non-hydrogen) atoms. The second kappa shape index (κ2) is 4.65. The molecule has 90 valence electrons. The summed E-state index contributed by atoms with van der Waals surface area (Å²) < 4.78 is 10.7. The molecule has 6 heteroatoms. The van der Waals surface area contributed by atoms with E-state index in [1.807, 2.05) is 0 Å². The molecule has 5 nitrogen and oxygen atoms in total. The van der Waals surface area contributed by atoms with E-state index >= 15 is 0 Å². The van der Waals surface area contributed by atoms with Gasteiger partial charge in [-0.15, -0.1) is 0 Å². The van der Waals surface area contributed by atoms with Crippen molar-refractivity contribution < 1.29 is 14.3 Å². The highest BCUT2D eigenvalue weighted by Gasteiger charge is 2.52. The summed E-state index contributed by atoms with van der Waals surface area (Å²) in [7, 11) is 0. The lowest BCUT2D eigenvalue weighted by Crippen LogP contribution is -2.45. The second-order valence-corrected chi connectivity index (χ2v) is 4.66. The van der Waals surface area contributed by atoms with Crippen molar-refractivity contribution in [3.63, 3.8) is 0 Å². The minimum absolute atomic E-state index is 0.0557. The fourth-order valence-corrected chi connectivity index (χ4v) is 2.04. The Morgan fingerprint density at radius 3 is 2.75 bits per heavy atom. The molecule has 0 aromatic rings. The summed E-state index contributed by atoms with van der Waals surface area (Å²) in [5, 5.41) is 2.83. The van der Waals surface area contributed by atoms with Crippen LogP contribution >= 0.6 is 12.2 Å². The number of carbonyl (C=O) groups excluding carboxylic acids is 1. The molecule has 1 amide bonds. The Morgan fingerprint density at radius 1 is 1.50 bits per heavy atom. The van der Waals surface area contributed by atoms with Gasteiger partial charge >= 0.3 is 0 Å². The van der Waals surface area contributed by atoms with Crippen LogP contribution in [0.3, 0.4) is 0 Å². The van der Waals surface area contributed by atoms with Crippen molar-refractivity contribution in [3.05, 3.63) is 0 Å². The minimum Gasteiger partial charge on any atom is -0.392 e. The van der Waals surface area contributed by atoms with Gasteiger partial charge in [0.25, 0.3) is 0 Å². The number of hydrogen-bond donors (Lipinski definition) is 2. The molecule has 0 spiro atoms. The second-order valence-electron chi connectivity index (χ2n) is 4.22. The van der Waals surface area contributed by atoms with E-state index in [0.29, 0.717) is 31.4 Å². The van der Waals surface area contributed by atoms with Crippen LogP contribution in [0.15, 0.2) is 0 Å². The molecular weight excluding hydrogens is 228 g/mol. The fourth-order valence-electron chi connectivity index (χ4n) is 1.74. The lowest BCUT2D eigenvalue weighted by Gasteiger charge is -2.24. The largest absolute Gasteiger partial charge is 0.392 e. The standard InChI is InChI=1S/C10H16N2O3S/c11-8(16)10(1-2-10)9(13)12-5-7-6-14-3-4-15-7/h7H,1-6H2,(H2,11,16)(H,12,13). The third-order valence-electron chi connectivity index (χ3n) is 3.03. The fraction of sp³-hybridized carbons (Fsp3) is 0.800. The molecule has 0 aromatic heterocycles. The van der Waals surface area contributed by atoms with Gasteiger partial charge in [-0.1, -0.05) is 12.2 Å². The maximum Gasteiger partial charge on any atom is 0.233 e. The summed E-state index contributed by atoms with van der Waals surface area (Å²) in [6.07, 6.45) is 1.46. The highest BCUT2D eigenvalue weighted by molar-refractivity contribution is 7.80. The molecule has 1 aliphatic heterocycles. The highest BCUT2D eigenvalue weighted by atomic mass is 32.1. The van der Waals surface area contributed by atoms with E-state index in [1.54, 1.807) is 0 Å². The maximum atomic E-state index is 11.8. The van der Waals surface area contributed by atoms with Gasteiger partial charge in [0.05, 0.1) is 36.3 Å². The Balaban J connectivity index is 1.77. The van der Waals surface area contributed by atoms with Gasteiger partial charge in [-0.3, -0.25) is 4.79 Å². The Kier molecular flexibility index (Phi) is 3.41. The normalized spacial score (nSPS) is 27.1. The summed E-state index contributed by atoms with van der Waals surface area (Å²) in [6, 6.07) is 0. The number of ether oxygens (including phenoxy) is 2. The molecule has 1 aliphatic carbocycles. The molecule has 1 saturated heterocycles. The number of rotatable bonds is 4. The number of hydrogen-bond acceptors (Lipinski definition) is 4. The van der Waals surface area contributed by atoms with Crippen molar-refractivity contribution in [2.75, 3.05) is 26.4 Å². The molecule has 0 radical (unpaired) electrons. The average Bonchev–Trinajstić information content (AvgIpc) is 3.08. The van der Waals surface area contributed by atoms with Crippen LogP contribution in [0.2, 0.25) is 0 Å². The van der Waals surface area contributed by atoms with Crippen molar-refractivity contribution in [1.82, 2.24) is 5.32 Å². The Hall–Kier alpha value is -0.720. The van der Waals surface area contributed by atoms with Crippen LogP contribution in [0.4, 0.5) is 0 Å². The van der Waals surface area contributed by atoms with E-state index in [0.717, 1.165) is 12.8 Å². The molecule has 2 aliphatic rings. The summed E-state index contributed by atoms with van der Waals surface area (Å²) in [6.45, 7) is 2.20. The molecule has 1 heterocycles. The SMILES string of the molecule is NC(=S)C1(C(=O)NCC2COCCO2)CC1. The van der Waals surface area contributed by atoms with E-state index in [2.05, 4.69) is 5.32 Å². The van der Waals surface area contributed by atoms with Crippen molar-refractivity contribution >= 4 is 23.1 Å². The lowest BCUT2D eigenvalue weighted by molar-refractivity contribution is -0.126. The first kappa shape index (κ1) is 11.8. The van der Waals surface area contributed by atoms with Gasteiger partial charge in [0.15, 0.2) is 0 Å². The van der Waals surface area contributed by atoms with Gasteiger partial charge in [0, 0.05) is 6.54 Å². The van der Waals surface area contributed by atoms with Crippen molar-refractivity contribution in [2.24, 2.45) is 11.1 Å². The molecule has 1 unspecified atom stereocenters. The van der Waals surface area contributed by atoms with E-state index in [-0.39, 0.29) is 12.0 Å². The smallest absolute Gasteiger partial charge is 0.233 e. The number of nitrogens with one attached hydrogen (secondary N) is 1. The number of carbonyl (C=O) groups is 1. The van der Waals surface area contributed by atoms with Crippen LogP contribution in [0.25, 0.3) is 0 Å². The van der Waals surface area contributed by atoms with Crippen molar-refractivity contribution in [1.29, 1.82) is 0 Å². The number of nitrogens with two attached hydrogens (primary N) is 1. The average molecular weight is 244 g/mol. The first-order chi connectivity index (χ1) is 7.65. The topological polar surface area (TPSA) is 73.6 Å². The first-order valence-corrected chi connectivity index (χ1v) is 5.83. The predicted octanol–water partition coefficient (Wildman–Crippen LogP) is -0.416. The van der Waals surface area contributed by atoms with Crippen LogP contribution in [-0.2, 0) is 14.3 Å². The van der Waals surface area contributed by atoms with Gasteiger partial charge in [-0.2, -0.15) is 0 Å². The number of amides is 1. The predicted molar refractivity (Wildman–Crippen MR) is 62.0 cm³/mol. The summed E-state index contributed by atoms with van der Waals surface area (Å²) in [5.74, 6) is -0.0748. The molecule has 2 rings (SSSR count). The summed E-state index contributed by atoms with van der Waals surface area (Å²) in [4.78, 5) is 12.1. The first-order valence-electron chi connectivity index (χ1n) is 5.43. The molecular formula is C10H16N2O3S. The Labute approximate surface area is 99.6 Å². The van der Waals surface area contributed by atoms with Crippen molar-refractivity contribution in [2.45, 2.75) is 18.9 Å². The van der Waals surface area contributed by atoms with Gasteiger partial charge in [-0.05, 0) is 12.8 Å². The van der Waals surface area contributed by atoms with E-state index in [1.165, 1.54) is 0 Å². The van der Waals surface area contributed by atoms with E-state index < -0.39 is 5.41 Å². The number of thiocarbonyl (C=S) groups is 1. The maximum absolute atomic E-state index is 11.8. The molecule has 1 saturated carbocycles. The third kappa shape index (κ3) is 2.34. The minimum atomic E-state index is -0.579. The van der Waals surface area contributed by atoms with Crippen LogP contribution in [0.5, 0.6) is 0 Å². The quantitative estimate of drug-likeness (QED) is 0.657. The third-order valence-corrected chi connectivity index (χ3v) is 3.42. The Morgan fingerprint density at radius 2 is 2.25 bits per heavy atom. The van der Waals surface area contributed by atoms with Crippen LogP contribution < -0.4 is 11.1 Å². The van der Waals surface area contributed by atoms with Gasteiger partial charge in [-0.25, -0.2) is 0 Å². The zero-order chi connectivity index (χ0) is 11.6. The monoisotopic (exact) mass is 244 g/mol. The van der Waals surface area contributed by atoms with Gasteiger partial charge in [0.2, 0.25) is 5.91 Å². The summed E-state index contributed by atoms with van der Waals surface area (Å²) >= 11 is 4.90. The van der Waals surface area contributed by atoms with Crippen LogP contribution in [0, 0.1) is 5.41 Å². The molecule has 2 fully saturated rings. The van der Waals surface area contributed by atoms with E-state index in [9.17, 15) is 4.79 Å². The molecule has 1 atom stereocenters. The summed E-state index contributed by atoms with van der Waals surface area (Å²) in [5.41, 5.74) is 4.98. The molecule has 0 bridgehead atoms. The van der Waals surface area contributed by atoms with Gasteiger partial charge < -0.3 is 20.5 Å². The highest BCUT2D eigenvalue weighted by Crippen LogP contribution is 2.46. The molecule has 0 aromatic carbocycles. The molecule has 3 N–H and O–H groups in total.